The molecule has 26 heavy (non-hydrogen) atoms. The van der Waals surface area contributed by atoms with Gasteiger partial charge in [0.05, 0.1) is 17.3 Å². The molecule has 0 heterocycles. The molecule has 4 nitrogen and oxygen atoms in total. The summed E-state index contributed by atoms with van der Waals surface area (Å²) in [7, 11) is 0. The van der Waals surface area contributed by atoms with Crippen molar-refractivity contribution in [2.75, 3.05) is 19.8 Å². The molecular weight excluding hydrogens is 364 g/mol. The summed E-state index contributed by atoms with van der Waals surface area (Å²) in [5.74, 6) is 1.07. The number of halogens is 3. The molecule has 0 saturated heterocycles. The zero-order chi connectivity index (χ0) is 19.4. The number of nitrogens with zero attached hydrogens (tertiary/aromatic N) is 1. The summed E-state index contributed by atoms with van der Waals surface area (Å²) in [6.07, 6.45) is 2.37. The van der Waals surface area contributed by atoms with Crippen LogP contribution in [0.15, 0.2) is 29.4 Å². The van der Waals surface area contributed by atoms with Crippen molar-refractivity contribution in [3.05, 3.63) is 34.9 Å². The van der Waals surface area contributed by atoms with Crippen molar-refractivity contribution in [1.82, 2.24) is 0 Å². The van der Waals surface area contributed by atoms with E-state index in [-0.39, 0.29) is 6.61 Å². The summed E-state index contributed by atoms with van der Waals surface area (Å²) in [4.78, 5) is 5.14. The topological polar surface area (TPSA) is 40.0 Å². The van der Waals surface area contributed by atoms with Crippen molar-refractivity contribution >= 4 is 17.3 Å². The van der Waals surface area contributed by atoms with Crippen molar-refractivity contribution in [1.29, 1.82) is 0 Å². The Hall–Kier alpha value is -1.82. The van der Waals surface area contributed by atoms with Crippen LogP contribution in [0.2, 0.25) is 5.02 Å². The van der Waals surface area contributed by atoms with E-state index >= 15 is 0 Å². The molecule has 0 unspecified atom stereocenters. The normalized spacial score (nSPS) is 10.2. The first-order chi connectivity index (χ1) is 12.4. The van der Waals surface area contributed by atoms with Gasteiger partial charge in [-0.15, -0.1) is 0 Å². The van der Waals surface area contributed by atoms with E-state index in [1.807, 2.05) is 20.8 Å². The first-order valence-corrected chi connectivity index (χ1v) is 9.04. The summed E-state index contributed by atoms with van der Waals surface area (Å²) in [6, 6.07) is 3.35. The number of unbranched alkanes of at least 4 members (excludes halogenated alkanes) is 2. The number of ether oxygens (including phenoxy) is 2. The first kappa shape index (κ1) is 22.2. The Morgan fingerprint density at radius 2 is 1.85 bits per heavy atom. The zero-order valence-electron chi connectivity index (χ0n) is 15.5. The fourth-order valence-corrected chi connectivity index (χ4v) is 2.41. The number of hydrogen-bond donors (Lipinski definition) is 0. The third kappa shape index (κ3) is 9.04. The van der Waals surface area contributed by atoms with Crippen LogP contribution >= 0.6 is 11.6 Å². The minimum atomic E-state index is -1.77. The quantitative estimate of drug-likeness (QED) is 0.249. The second kappa shape index (κ2) is 12.5. The molecule has 1 aromatic carbocycles. The lowest BCUT2D eigenvalue weighted by Gasteiger charge is -2.14. The van der Waals surface area contributed by atoms with Crippen molar-refractivity contribution < 1.29 is 23.1 Å². The predicted octanol–water partition coefficient (Wildman–Crippen LogP) is 6.02. The molecule has 0 bridgehead atoms. The van der Waals surface area contributed by atoms with Crippen molar-refractivity contribution in [3.63, 3.8) is 0 Å². The van der Waals surface area contributed by atoms with Crippen LogP contribution in [-0.2, 0) is 11.3 Å². The summed E-state index contributed by atoms with van der Waals surface area (Å²) in [6.45, 7) is 6.66. The summed E-state index contributed by atoms with van der Waals surface area (Å²) >= 11 is 6.26. The van der Waals surface area contributed by atoms with Gasteiger partial charge in [-0.2, -0.15) is 8.78 Å². The van der Waals surface area contributed by atoms with E-state index in [1.54, 1.807) is 12.1 Å². The fourth-order valence-electron chi connectivity index (χ4n) is 2.13. The Kier molecular flexibility index (Phi) is 10.7. The Morgan fingerprint density at radius 1 is 1.12 bits per heavy atom. The van der Waals surface area contributed by atoms with Crippen LogP contribution in [0, 0.1) is 0 Å². The van der Waals surface area contributed by atoms with Crippen LogP contribution in [0.4, 0.5) is 8.78 Å². The highest BCUT2D eigenvalue weighted by atomic mass is 35.5. The van der Waals surface area contributed by atoms with Crippen LogP contribution in [0.25, 0.3) is 0 Å². The Bertz CT molecular complexity index is 613. The number of aryl methyl sites for hydroxylation is 1. The maximum Gasteiger partial charge on any atom is 0.269 e. The molecule has 1 rings (SSSR count). The van der Waals surface area contributed by atoms with Gasteiger partial charge in [-0.25, -0.2) is 0 Å². The smallest absolute Gasteiger partial charge is 0.269 e. The molecule has 0 saturated carbocycles. The van der Waals surface area contributed by atoms with E-state index < -0.39 is 6.08 Å². The summed E-state index contributed by atoms with van der Waals surface area (Å²) in [5, 5.41) is 4.29. The molecule has 7 heteroatoms. The SMILES string of the molecule is CCc1cc(OCC=C(F)F)cc(Cl)c1OCCCCCON=C(C)C. The zero-order valence-corrected chi connectivity index (χ0v) is 16.2. The molecule has 146 valence electrons. The minimum absolute atomic E-state index is 0.203. The second-order valence-electron chi connectivity index (χ2n) is 5.83. The predicted molar refractivity (Wildman–Crippen MR) is 101 cm³/mol. The minimum Gasteiger partial charge on any atom is -0.492 e. The Labute approximate surface area is 158 Å². The lowest BCUT2D eigenvalue weighted by atomic mass is 10.1. The number of oxime groups is 1. The van der Waals surface area contributed by atoms with Gasteiger partial charge in [0, 0.05) is 12.1 Å². The molecule has 0 amide bonds. The van der Waals surface area contributed by atoms with Gasteiger partial charge in [-0.05, 0) is 51.2 Å². The maximum atomic E-state index is 12.1. The fraction of sp³-hybridized carbons (Fsp3) is 0.526. The molecule has 1 aromatic rings. The maximum absolute atomic E-state index is 12.1. The first-order valence-electron chi connectivity index (χ1n) is 8.66. The average molecular weight is 390 g/mol. The molecule has 0 radical (unpaired) electrons. The molecule has 0 aliphatic rings. The van der Waals surface area contributed by atoms with E-state index in [0.29, 0.717) is 42.2 Å². The van der Waals surface area contributed by atoms with Crippen LogP contribution < -0.4 is 9.47 Å². The number of rotatable bonds is 12. The molecule has 0 N–H and O–H groups in total. The highest BCUT2D eigenvalue weighted by molar-refractivity contribution is 6.32. The second-order valence-corrected chi connectivity index (χ2v) is 6.24. The Balaban J connectivity index is 2.46. The van der Waals surface area contributed by atoms with E-state index in [0.717, 1.165) is 30.5 Å². The van der Waals surface area contributed by atoms with Gasteiger partial charge in [-0.3, -0.25) is 0 Å². The van der Waals surface area contributed by atoms with E-state index in [4.69, 9.17) is 25.9 Å². The molecule has 0 atom stereocenters. The lowest BCUT2D eigenvalue weighted by molar-refractivity contribution is 0.138. The lowest BCUT2D eigenvalue weighted by Crippen LogP contribution is -2.03. The molecule has 0 fully saturated rings. The molecular formula is C19H26ClF2NO3. The Morgan fingerprint density at radius 3 is 2.50 bits per heavy atom. The molecule has 0 aliphatic carbocycles. The van der Waals surface area contributed by atoms with Crippen molar-refractivity contribution in [2.24, 2.45) is 5.16 Å². The van der Waals surface area contributed by atoms with Gasteiger partial charge < -0.3 is 14.3 Å². The molecule has 0 aliphatic heterocycles. The third-order valence-electron chi connectivity index (χ3n) is 3.34. The van der Waals surface area contributed by atoms with Crippen molar-refractivity contribution in [3.8, 4) is 11.5 Å². The summed E-state index contributed by atoms with van der Waals surface area (Å²) in [5.41, 5.74) is 1.78. The van der Waals surface area contributed by atoms with Gasteiger partial charge in [0.25, 0.3) is 6.08 Å². The standard InChI is InChI=1S/C19H26ClF2NO3/c1-4-15-12-16(24-11-8-18(21)22)13-17(20)19(15)25-9-6-5-7-10-26-23-14(2)3/h8,12-13H,4-7,9-11H2,1-3H3. The summed E-state index contributed by atoms with van der Waals surface area (Å²) < 4.78 is 35.2. The molecule has 0 spiro atoms. The van der Waals surface area contributed by atoms with Crippen LogP contribution in [-0.4, -0.2) is 25.5 Å². The van der Waals surface area contributed by atoms with E-state index in [9.17, 15) is 8.78 Å². The van der Waals surface area contributed by atoms with Crippen LogP contribution in [0.3, 0.4) is 0 Å². The van der Waals surface area contributed by atoms with E-state index in [2.05, 4.69) is 5.16 Å². The van der Waals surface area contributed by atoms with Crippen molar-refractivity contribution in [2.45, 2.75) is 46.5 Å². The highest BCUT2D eigenvalue weighted by Crippen LogP contribution is 2.34. The third-order valence-corrected chi connectivity index (χ3v) is 3.62. The number of benzene rings is 1. The average Bonchev–Trinajstić information content (AvgIpc) is 2.57. The van der Waals surface area contributed by atoms with Crippen LogP contribution in [0.1, 0.15) is 45.6 Å². The van der Waals surface area contributed by atoms with Gasteiger partial charge in [-0.1, -0.05) is 23.7 Å². The van der Waals surface area contributed by atoms with Gasteiger partial charge in [0.15, 0.2) is 0 Å². The monoisotopic (exact) mass is 389 g/mol. The van der Waals surface area contributed by atoms with Crippen LogP contribution in [0.5, 0.6) is 11.5 Å². The largest absolute Gasteiger partial charge is 0.492 e. The van der Waals surface area contributed by atoms with Gasteiger partial charge in [0.1, 0.15) is 24.7 Å². The molecule has 0 aromatic heterocycles. The number of hydrogen-bond acceptors (Lipinski definition) is 4. The highest BCUT2D eigenvalue weighted by Gasteiger charge is 2.11. The van der Waals surface area contributed by atoms with Gasteiger partial charge in [0.2, 0.25) is 0 Å². The van der Waals surface area contributed by atoms with E-state index in [1.165, 1.54) is 0 Å². The van der Waals surface area contributed by atoms with Gasteiger partial charge >= 0.3 is 0 Å².